The first kappa shape index (κ1) is 22.4. The van der Waals surface area contributed by atoms with Crippen LogP contribution in [0.5, 0.6) is 5.75 Å². The number of benzene rings is 2. The van der Waals surface area contributed by atoms with Crippen molar-refractivity contribution in [2.24, 2.45) is 17.8 Å². The molecule has 1 heteroatoms. The molecule has 0 bridgehead atoms. The van der Waals surface area contributed by atoms with Crippen LogP contribution in [0.25, 0.3) is 10.8 Å². The second-order valence-electron chi connectivity index (χ2n) is 10.2. The molecular formula is C30H42O. The van der Waals surface area contributed by atoms with E-state index < -0.39 is 0 Å². The van der Waals surface area contributed by atoms with E-state index in [-0.39, 0.29) is 0 Å². The van der Waals surface area contributed by atoms with Crippen molar-refractivity contribution in [1.29, 1.82) is 0 Å². The molecule has 0 amide bonds. The number of ether oxygens (including phenoxy) is 1. The Morgan fingerprint density at radius 2 is 1.35 bits per heavy atom. The van der Waals surface area contributed by atoms with Gasteiger partial charge in [0.2, 0.25) is 0 Å². The fourth-order valence-corrected chi connectivity index (χ4v) is 6.17. The average molecular weight is 419 g/mol. The van der Waals surface area contributed by atoms with Crippen LogP contribution in [0.1, 0.15) is 95.5 Å². The summed E-state index contributed by atoms with van der Waals surface area (Å²) in [5.74, 6) is 4.71. The van der Waals surface area contributed by atoms with Crippen molar-refractivity contribution < 1.29 is 4.74 Å². The molecule has 168 valence electrons. The van der Waals surface area contributed by atoms with Gasteiger partial charge in [0.25, 0.3) is 0 Å². The predicted molar refractivity (Wildman–Crippen MR) is 134 cm³/mol. The molecule has 0 radical (unpaired) electrons. The summed E-state index contributed by atoms with van der Waals surface area (Å²) in [6, 6.07) is 13.6. The van der Waals surface area contributed by atoms with Crippen LogP contribution in [0.2, 0.25) is 0 Å². The van der Waals surface area contributed by atoms with Gasteiger partial charge in [0.05, 0.1) is 6.61 Å². The number of hydrogen-bond donors (Lipinski definition) is 0. The molecule has 0 unspecified atom stereocenters. The van der Waals surface area contributed by atoms with Gasteiger partial charge in [-0.05, 0) is 97.6 Å². The van der Waals surface area contributed by atoms with Gasteiger partial charge in [0.1, 0.15) is 5.75 Å². The van der Waals surface area contributed by atoms with Crippen molar-refractivity contribution in [3.05, 3.63) is 54.6 Å². The van der Waals surface area contributed by atoms with Crippen LogP contribution >= 0.6 is 0 Å². The van der Waals surface area contributed by atoms with Gasteiger partial charge < -0.3 is 4.74 Å². The Morgan fingerprint density at radius 1 is 0.774 bits per heavy atom. The van der Waals surface area contributed by atoms with Gasteiger partial charge in [0.15, 0.2) is 0 Å². The van der Waals surface area contributed by atoms with E-state index in [9.17, 15) is 0 Å². The first-order valence-electron chi connectivity index (χ1n) is 13.0. The Labute approximate surface area is 190 Å². The standard InChI is InChI=1S/C30H42O/c1-3-5-6-23-7-9-24(10-8-23)11-12-25-13-15-26(16-14-25)27-17-18-29-22-30(31-4-2)20-19-28(29)21-27/h3,17-26H,1,4-16H2,2H3. The van der Waals surface area contributed by atoms with E-state index >= 15 is 0 Å². The topological polar surface area (TPSA) is 9.23 Å². The summed E-state index contributed by atoms with van der Waals surface area (Å²) in [5, 5.41) is 2.65. The largest absolute Gasteiger partial charge is 0.494 e. The highest BCUT2D eigenvalue weighted by Crippen LogP contribution is 2.41. The van der Waals surface area contributed by atoms with Crippen molar-refractivity contribution in [1.82, 2.24) is 0 Å². The van der Waals surface area contributed by atoms with E-state index in [1.54, 1.807) is 5.56 Å². The zero-order chi connectivity index (χ0) is 21.5. The van der Waals surface area contributed by atoms with Gasteiger partial charge in [0, 0.05) is 0 Å². The van der Waals surface area contributed by atoms with Gasteiger partial charge in [-0.25, -0.2) is 0 Å². The Morgan fingerprint density at radius 3 is 2.00 bits per heavy atom. The Kier molecular flexibility index (Phi) is 8.11. The van der Waals surface area contributed by atoms with E-state index in [1.165, 1.54) is 87.8 Å². The molecule has 0 saturated heterocycles. The maximum Gasteiger partial charge on any atom is 0.119 e. The summed E-state index contributed by atoms with van der Waals surface area (Å²) in [6.45, 7) is 6.65. The highest BCUT2D eigenvalue weighted by atomic mass is 16.5. The van der Waals surface area contributed by atoms with Crippen LogP contribution in [0.15, 0.2) is 49.1 Å². The van der Waals surface area contributed by atoms with Gasteiger partial charge in [-0.1, -0.05) is 68.9 Å². The first-order valence-corrected chi connectivity index (χ1v) is 13.0. The molecule has 4 rings (SSSR count). The van der Waals surface area contributed by atoms with Gasteiger partial charge in [-0.15, -0.1) is 6.58 Å². The zero-order valence-electron chi connectivity index (χ0n) is 19.7. The van der Waals surface area contributed by atoms with E-state index in [4.69, 9.17) is 4.74 Å². The van der Waals surface area contributed by atoms with E-state index in [0.717, 1.165) is 36.0 Å². The third kappa shape index (κ3) is 6.15. The SMILES string of the molecule is C=CCCC1CCC(CCC2CCC(c3ccc4cc(OCC)ccc4c3)CC2)CC1. The van der Waals surface area contributed by atoms with Crippen LogP contribution in [-0.4, -0.2) is 6.61 Å². The third-order valence-corrected chi connectivity index (χ3v) is 8.19. The summed E-state index contributed by atoms with van der Waals surface area (Å²) < 4.78 is 5.66. The lowest BCUT2D eigenvalue weighted by molar-refractivity contribution is 0.225. The Bertz CT molecular complexity index is 821. The highest BCUT2D eigenvalue weighted by Gasteiger charge is 2.25. The lowest BCUT2D eigenvalue weighted by Crippen LogP contribution is -2.17. The van der Waals surface area contributed by atoms with E-state index in [2.05, 4.69) is 49.1 Å². The number of rotatable bonds is 9. The van der Waals surface area contributed by atoms with Crippen molar-refractivity contribution in [2.75, 3.05) is 6.61 Å². The van der Waals surface area contributed by atoms with Gasteiger partial charge in [-0.3, -0.25) is 0 Å². The molecule has 31 heavy (non-hydrogen) atoms. The molecule has 0 atom stereocenters. The minimum Gasteiger partial charge on any atom is -0.494 e. The van der Waals surface area contributed by atoms with Crippen LogP contribution < -0.4 is 4.74 Å². The lowest BCUT2D eigenvalue weighted by Gasteiger charge is -2.32. The van der Waals surface area contributed by atoms with Crippen molar-refractivity contribution >= 4 is 10.8 Å². The highest BCUT2D eigenvalue weighted by molar-refractivity contribution is 5.84. The smallest absolute Gasteiger partial charge is 0.119 e. The zero-order valence-corrected chi connectivity index (χ0v) is 19.7. The van der Waals surface area contributed by atoms with Crippen LogP contribution in [-0.2, 0) is 0 Å². The lowest BCUT2D eigenvalue weighted by atomic mass is 9.74. The molecule has 2 aliphatic carbocycles. The van der Waals surface area contributed by atoms with E-state index in [1.807, 2.05) is 6.92 Å². The molecule has 2 fully saturated rings. The molecule has 2 saturated carbocycles. The molecule has 0 spiro atoms. The molecule has 0 aromatic heterocycles. The van der Waals surface area contributed by atoms with E-state index in [0.29, 0.717) is 0 Å². The molecule has 2 aliphatic rings. The summed E-state index contributed by atoms with van der Waals surface area (Å²) in [6.07, 6.45) is 19.2. The third-order valence-electron chi connectivity index (χ3n) is 8.19. The predicted octanol–water partition coefficient (Wildman–Crippen LogP) is 9.07. The summed E-state index contributed by atoms with van der Waals surface area (Å²) in [4.78, 5) is 0. The minimum absolute atomic E-state index is 0.726. The minimum atomic E-state index is 0.726. The van der Waals surface area contributed by atoms with Crippen molar-refractivity contribution in [2.45, 2.75) is 89.9 Å². The monoisotopic (exact) mass is 418 g/mol. The van der Waals surface area contributed by atoms with Crippen LogP contribution in [0.3, 0.4) is 0 Å². The number of hydrogen-bond acceptors (Lipinski definition) is 1. The Balaban J connectivity index is 1.22. The van der Waals surface area contributed by atoms with Gasteiger partial charge in [-0.2, -0.15) is 0 Å². The van der Waals surface area contributed by atoms with Crippen molar-refractivity contribution in [3.63, 3.8) is 0 Å². The summed E-state index contributed by atoms with van der Waals surface area (Å²) in [5.41, 5.74) is 1.55. The Hall–Kier alpha value is -1.76. The molecule has 0 N–H and O–H groups in total. The quantitative estimate of drug-likeness (QED) is 0.369. The van der Waals surface area contributed by atoms with Crippen LogP contribution in [0, 0.1) is 17.8 Å². The van der Waals surface area contributed by atoms with Crippen molar-refractivity contribution in [3.8, 4) is 5.75 Å². The maximum atomic E-state index is 5.66. The summed E-state index contributed by atoms with van der Waals surface area (Å²) in [7, 11) is 0. The first-order chi connectivity index (χ1) is 15.2. The fraction of sp³-hybridized carbons (Fsp3) is 0.600. The normalized spacial score (nSPS) is 26.6. The fourth-order valence-electron chi connectivity index (χ4n) is 6.17. The number of fused-ring (bicyclic) bond motifs is 1. The number of allylic oxidation sites excluding steroid dienone is 1. The van der Waals surface area contributed by atoms with Crippen LogP contribution in [0.4, 0.5) is 0 Å². The maximum absolute atomic E-state index is 5.66. The molecule has 2 aromatic rings. The molecule has 0 heterocycles. The second-order valence-corrected chi connectivity index (χ2v) is 10.2. The summed E-state index contributed by atoms with van der Waals surface area (Å²) >= 11 is 0. The molecule has 1 nitrogen and oxygen atoms in total. The average Bonchev–Trinajstić information content (AvgIpc) is 2.82. The molecule has 2 aromatic carbocycles. The molecule has 0 aliphatic heterocycles. The van der Waals surface area contributed by atoms with Gasteiger partial charge >= 0.3 is 0 Å². The second kappa shape index (κ2) is 11.2. The molecular weight excluding hydrogens is 376 g/mol.